The lowest BCUT2D eigenvalue weighted by molar-refractivity contribution is 0.0950. The number of amides is 1. The fourth-order valence-electron chi connectivity index (χ4n) is 1.75. The van der Waals surface area contributed by atoms with Crippen molar-refractivity contribution < 1.29 is 9.53 Å². The fourth-order valence-corrected chi connectivity index (χ4v) is 1.75. The van der Waals surface area contributed by atoms with Gasteiger partial charge in [-0.3, -0.25) is 14.8 Å². The van der Waals surface area contributed by atoms with E-state index in [1.165, 1.54) is 0 Å². The quantitative estimate of drug-likeness (QED) is 0.754. The molecule has 2 heterocycles. The zero-order valence-corrected chi connectivity index (χ0v) is 11.9. The van der Waals surface area contributed by atoms with Gasteiger partial charge in [0, 0.05) is 45.0 Å². The molecule has 0 aromatic carbocycles. The van der Waals surface area contributed by atoms with Gasteiger partial charge in [-0.2, -0.15) is 0 Å². The first-order chi connectivity index (χ1) is 10.3. The first-order valence-corrected chi connectivity index (χ1v) is 6.64. The van der Waals surface area contributed by atoms with Crippen molar-refractivity contribution in [2.24, 2.45) is 0 Å². The summed E-state index contributed by atoms with van der Waals surface area (Å²) in [4.78, 5) is 20.1. The van der Waals surface area contributed by atoms with Gasteiger partial charge in [0.15, 0.2) is 0 Å². The summed E-state index contributed by atoms with van der Waals surface area (Å²) in [6.07, 6.45) is 6.64. The summed E-state index contributed by atoms with van der Waals surface area (Å²) in [5, 5.41) is 5.98. The lowest BCUT2D eigenvalue weighted by Crippen LogP contribution is -2.23. The molecule has 110 valence electrons. The SMILES string of the molecule is COCCNc1cncc(C(=O)NCc2cccnc2)c1. The first-order valence-electron chi connectivity index (χ1n) is 6.64. The van der Waals surface area contributed by atoms with Crippen molar-refractivity contribution >= 4 is 11.6 Å². The van der Waals surface area contributed by atoms with Crippen LogP contribution in [-0.4, -0.2) is 36.1 Å². The molecule has 0 aliphatic rings. The Balaban J connectivity index is 1.91. The highest BCUT2D eigenvalue weighted by Gasteiger charge is 2.06. The highest BCUT2D eigenvalue weighted by Crippen LogP contribution is 2.08. The molecule has 2 aromatic rings. The number of carbonyl (C=O) groups is 1. The highest BCUT2D eigenvalue weighted by atomic mass is 16.5. The molecule has 0 spiro atoms. The van der Waals surface area contributed by atoms with Crippen LogP contribution in [0.5, 0.6) is 0 Å². The summed E-state index contributed by atoms with van der Waals surface area (Å²) in [5.74, 6) is -0.165. The summed E-state index contributed by atoms with van der Waals surface area (Å²) in [5.41, 5.74) is 2.26. The Morgan fingerprint density at radius 3 is 2.95 bits per heavy atom. The van der Waals surface area contributed by atoms with Gasteiger partial charge >= 0.3 is 0 Å². The molecule has 0 saturated heterocycles. The van der Waals surface area contributed by atoms with Crippen molar-refractivity contribution in [2.45, 2.75) is 6.54 Å². The highest BCUT2D eigenvalue weighted by molar-refractivity contribution is 5.94. The Bertz CT molecular complexity index is 575. The molecule has 6 nitrogen and oxygen atoms in total. The smallest absolute Gasteiger partial charge is 0.253 e. The molecule has 2 N–H and O–H groups in total. The van der Waals surface area contributed by atoms with Crippen LogP contribution in [0.15, 0.2) is 43.0 Å². The van der Waals surface area contributed by atoms with Crippen LogP contribution in [-0.2, 0) is 11.3 Å². The summed E-state index contributed by atoms with van der Waals surface area (Å²) in [7, 11) is 1.64. The van der Waals surface area contributed by atoms with Crippen LogP contribution in [0.1, 0.15) is 15.9 Å². The molecule has 0 bridgehead atoms. The Labute approximate surface area is 123 Å². The molecule has 1 amide bonds. The minimum absolute atomic E-state index is 0.165. The number of nitrogens with zero attached hydrogens (tertiary/aromatic N) is 2. The monoisotopic (exact) mass is 286 g/mol. The third-order valence-corrected chi connectivity index (χ3v) is 2.81. The average Bonchev–Trinajstić information content (AvgIpc) is 2.54. The third kappa shape index (κ3) is 4.85. The molecule has 0 aliphatic heterocycles. The number of pyridine rings is 2. The second kappa shape index (κ2) is 7.96. The second-order valence-electron chi connectivity index (χ2n) is 4.43. The van der Waals surface area contributed by atoms with E-state index >= 15 is 0 Å². The maximum atomic E-state index is 12.1. The number of hydrogen-bond acceptors (Lipinski definition) is 5. The number of anilines is 1. The molecule has 0 radical (unpaired) electrons. The Morgan fingerprint density at radius 2 is 2.19 bits per heavy atom. The van der Waals surface area contributed by atoms with Crippen LogP contribution in [0, 0.1) is 0 Å². The van der Waals surface area contributed by atoms with Gasteiger partial charge in [-0.05, 0) is 17.7 Å². The van der Waals surface area contributed by atoms with E-state index in [1.54, 1.807) is 38.0 Å². The number of carbonyl (C=O) groups excluding carboxylic acids is 1. The van der Waals surface area contributed by atoms with Gasteiger partial charge in [-0.1, -0.05) is 6.07 Å². The lowest BCUT2D eigenvalue weighted by Gasteiger charge is -2.08. The van der Waals surface area contributed by atoms with Crippen LogP contribution in [0.4, 0.5) is 5.69 Å². The number of rotatable bonds is 7. The minimum Gasteiger partial charge on any atom is -0.383 e. The Kier molecular flexibility index (Phi) is 5.66. The number of methoxy groups -OCH3 is 1. The number of ether oxygens (including phenoxy) is 1. The average molecular weight is 286 g/mol. The Morgan fingerprint density at radius 1 is 1.29 bits per heavy atom. The van der Waals surface area contributed by atoms with Gasteiger partial charge in [0.25, 0.3) is 5.91 Å². The molecule has 6 heteroatoms. The van der Waals surface area contributed by atoms with Gasteiger partial charge in [0.2, 0.25) is 0 Å². The zero-order chi connectivity index (χ0) is 14.9. The van der Waals surface area contributed by atoms with E-state index in [9.17, 15) is 4.79 Å². The Hall–Kier alpha value is -2.47. The molecule has 0 saturated carbocycles. The molecule has 0 atom stereocenters. The standard InChI is InChI=1S/C15H18N4O2/c1-21-6-5-18-14-7-13(10-17-11-14)15(20)19-9-12-3-2-4-16-8-12/h2-4,7-8,10-11,18H,5-6,9H2,1H3,(H,19,20). The number of hydrogen-bond donors (Lipinski definition) is 2. The van der Waals surface area contributed by atoms with Gasteiger partial charge in [-0.15, -0.1) is 0 Å². The first kappa shape index (κ1) is 14.9. The van der Waals surface area contributed by atoms with Crippen LogP contribution >= 0.6 is 0 Å². The summed E-state index contributed by atoms with van der Waals surface area (Å²) in [6.45, 7) is 1.70. The molecule has 21 heavy (non-hydrogen) atoms. The van der Waals surface area contributed by atoms with Crippen molar-refractivity contribution in [1.82, 2.24) is 15.3 Å². The molecule has 0 fully saturated rings. The predicted molar refractivity (Wildman–Crippen MR) is 80.0 cm³/mol. The van der Waals surface area contributed by atoms with Gasteiger partial charge in [0.05, 0.1) is 17.9 Å². The molecule has 2 aromatic heterocycles. The lowest BCUT2D eigenvalue weighted by atomic mass is 10.2. The van der Waals surface area contributed by atoms with Crippen molar-refractivity contribution in [3.05, 3.63) is 54.1 Å². The van der Waals surface area contributed by atoms with Gasteiger partial charge in [-0.25, -0.2) is 0 Å². The van der Waals surface area contributed by atoms with Crippen LogP contribution in [0.2, 0.25) is 0 Å². The van der Waals surface area contributed by atoms with Gasteiger partial charge in [0.1, 0.15) is 0 Å². The van der Waals surface area contributed by atoms with Crippen LogP contribution < -0.4 is 10.6 Å². The number of aromatic nitrogens is 2. The van der Waals surface area contributed by atoms with Gasteiger partial charge < -0.3 is 15.4 Å². The summed E-state index contributed by atoms with van der Waals surface area (Å²) >= 11 is 0. The normalized spacial score (nSPS) is 10.1. The van der Waals surface area contributed by atoms with E-state index in [-0.39, 0.29) is 5.91 Å². The van der Waals surface area contributed by atoms with E-state index in [2.05, 4.69) is 20.6 Å². The van der Waals surface area contributed by atoms with E-state index in [0.717, 1.165) is 11.3 Å². The molecular formula is C15H18N4O2. The topological polar surface area (TPSA) is 76.1 Å². The van der Waals surface area contributed by atoms with Crippen molar-refractivity contribution in [1.29, 1.82) is 0 Å². The molecule has 0 unspecified atom stereocenters. The maximum absolute atomic E-state index is 12.1. The zero-order valence-electron chi connectivity index (χ0n) is 11.9. The van der Waals surface area contributed by atoms with Crippen LogP contribution in [0.3, 0.4) is 0 Å². The van der Waals surface area contributed by atoms with E-state index in [1.807, 2.05) is 12.1 Å². The molecule has 2 rings (SSSR count). The van der Waals surface area contributed by atoms with Crippen molar-refractivity contribution in [3.63, 3.8) is 0 Å². The van der Waals surface area contributed by atoms with E-state index in [0.29, 0.717) is 25.3 Å². The van der Waals surface area contributed by atoms with E-state index in [4.69, 9.17) is 4.74 Å². The minimum atomic E-state index is -0.165. The van der Waals surface area contributed by atoms with E-state index < -0.39 is 0 Å². The number of nitrogens with one attached hydrogen (secondary N) is 2. The van der Waals surface area contributed by atoms with Crippen molar-refractivity contribution in [2.75, 3.05) is 25.6 Å². The maximum Gasteiger partial charge on any atom is 0.253 e. The van der Waals surface area contributed by atoms with Crippen molar-refractivity contribution in [3.8, 4) is 0 Å². The summed E-state index contributed by atoms with van der Waals surface area (Å²) < 4.78 is 4.96. The largest absolute Gasteiger partial charge is 0.383 e. The molecular weight excluding hydrogens is 268 g/mol. The van der Waals surface area contributed by atoms with Crippen LogP contribution in [0.25, 0.3) is 0 Å². The second-order valence-corrected chi connectivity index (χ2v) is 4.43. The summed E-state index contributed by atoms with van der Waals surface area (Å²) in [6, 6.07) is 5.51. The predicted octanol–water partition coefficient (Wildman–Crippen LogP) is 1.46. The third-order valence-electron chi connectivity index (χ3n) is 2.81. The fraction of sp³-hybridized carbons (Fsp3) is 0.267. The molecule has 0 aliphatic carbocycles.